The van der Waals surface area contributed by atoms with E-state index >= 15 is 0 Å². The minimum atomic E-state index is -0.436. The number of carbonyl (C=O) groups is 2. The third-order valence-electron chi connectivity index (χ3n) is 5.77. The molecule has 1 saturated carbocycles. The number of thioether (sulfide) groups is 1. The smallest absolute Gasteiger partial charge is 0.293 e. The van der Waals surface area contributed by atoms with Gasteiger partial charge in [0, 0.05) is 18.7 Å². The number of nitro groups is 1. The number of non-ortho nitro benzene ring substituents is 1. The molecule has 1 aliphatic heterocycles. The van der Waals surface area contributed by atoms with Crippen LogP contribution in [0.3, 0.4) is 0 Å². The van der Waals surface area contributed by atoms with E-state index in [0.29, 0.717) is 23.1 Å². The van der Waals surface area contributed by atoms with Gasteiger partial charge in [-0.1, -0.05) is 31.4 Å². The van der Waals surface area contributed by atoms with E-state index in [-0.39, 0.29) is 23.4 Å². The molecule has 32 heavy (non-hydrogen) atoms. The van der Waals surface area contributed by atoms with Crippen molar-refractivity contribution in [1.82, 2.24) is 4.90 Å². The normalized spacial score (nSPS) is 18.4. The average molecular weight is 453 g/mol. The molecular weight excluding hydrogens is 428 g/mol. The van der Waals surface area contributed by atoms with Crippen LogP contribution in [-0.4, -0.2) is 27.5 Å². The highest BCUT2D eigenvalue weighted by Crippen LogP contribution is 2.35. The van der Waals surface area contributed by atoms with E-state index in [0.717, 1.165) is 35.7 Å². The number of nitrogens with zero attached hydrogens (tertiary/aromatic N) is 2. The summed E-state index contributed by atoms with van der Waals surface area (Å²) in [6.45, 7) is 0.814. The minimum Gasteiger partial charge on any atom is -0.489 e. The number of amides is 2. The summed E-state index contributed by atoms with van der Waals surface area (Å²) in [6, 6.07) is 13.5. The van der Waals surface area contributed by atoms with Gasteiger partial charge in [0.15, 0.2) is 0 Å². The van der Waals surface area contributed by atoms with Gasteiger partial charge in [-0.05, 0) is 72.0 Å². The van der Waals surface area contributed by atoms with E-state index in [1.54, 1.807) is 30.3 Å². The fourth-order valence-corrected chi connectivity index (χ4v) is 4.83. The molecule has 0 N–H and O–H groups in total. The van der Waals surface area contributed by atoms with Gasteiger partial charge in [-0.25, -0.2) is 0 Å². The van der Waals surface area contributed by atoms with Crippen LogP contribution in [-0.2, 0) is 11.4 Å². The highest BCUT2D eigenvalue weighted by Gasteiger charge is 2.36. The number of carbonyl (C=O) groups excluding carboxylic acids is 2. The van der Waals surface area contributed by atoms with Crippen LogP contribution in [0.2, 0.25) is 0 Å². The van der Waals surface area contributed by atoms with Gasteiger partial charge >= 0.3 is 0 Å². The SMILES string of the molecule is O=C1S/C(=C/c2ccc(OCc3ccc([N+](=O)[O-])cc3)cc2)C(=O)N1CC1CCCCC1. The Morgan fingerprint density at radius 3 is 2.38 bits per heavy atom. The van der Waals surface area contributed by atoms with Crippen molar-refractivity contribution < 1.29 is 19.2 Å². The maximum Gasteiger partial charge on any atom is 0.293 e. The first-order valence-electron chi connectivity index (χ1n) is 10.7. The van der Waals surface area contributed by atoms with Crippen molar-refractivity contribution in [1.29, 1.82) is 0 Å². The Kier molecular flexibility index (Phi) is 6.90. The van der Waals surface area contributed by atoms with E-state index in [1.165, 1.54) is 36.3 Å². The monoisotopic (exact) mass is 452 g/mol. The van der Waals surface area contributed by atoms with E-state index in [4.69, 9.17) is 4.74 Å². The first-order valence-corrected chi connectivity index (χ1v) is 11.5. The zero-order valence-electron chi connectivity index (χ0n) is 17.6. The largest absolute Gasteiger partial charge is 0.489 e. The van der Waals surface area contributed by atoms with Crippen molar-refractivity contribution in [3.8, 4) is 5.75 Å². The zero-order chi connectivity index (χ0) is 22.5. The number of ether oxygens (including phenoxy) is 1. The molecule has 2 aliphatic rings. The molecule has 8 heteroatoms. The Morgan fingerprint density at radius 1 is 1.03 bits per heavy atom. The zero-order valence-corrected chi connectivity index (χ0v) is 18.4. The van der Waals surface area contributed by atoms with Crippen LogP contribution in [0.15, 0.2) is 53.4 Å². The van der Waals surface area contributed by atoms with Crippen molar-refractivity contribution in [3.63, 3.8) is 0 Å². The topological polar surface area (TPSA) is 89.7 Å². The Bertz CT molecular complexity index is 1030. The van der Waals surface area contributed by atoms with Crippen LogP contribution in [0, 0.1) is 16.0 Å². The first kappa shape index (κ1) is 22.1. The number of hydrogen-bond acceptors (Lipinski definition) is 6. The molecule has 0 radical (unpaired) electrons. The molecule has 0 unspecified atom stereocenters. The Balaban J connectivity index is 1.34. The lowest BCUT2D eigenvalue weighted by Crippen LogP contribution is -2.34. The molecule has 1 heterocycles. The fourth-order valence-electron chi connectivity index (χ4n) is 3.98. The van der Waals surface area contributed by atoms with Crippen LogP contribution in [0.5, 0.6) is 5.75 Å². The molecule has 0 spiro atoms. The molecule has 1 saturated heterocycles. The van der Waals surface area contributed by atoms with Gasteiger partial charge in [-0.3, -0.25) is 24.6 Å². The van der Waals surface area contributed by atoms with Gasteiger partial charge in [-0.2, -0.15) is 0 Å². The maximum atomic E-state index is 12.7. The molecule has 2 aromatic rings. The van der Waals surface area contributed by atoms with Crippen molar-refractivity contribution in [2.75, 3.05) is 6.54 Å². The summed E-state index contributed by atoms with van der Waals surface area (Å²) in [5.74, 6) is 0.860. The quantitative estimate of drug-likeness (QED) is 0.300. The van der Waals surface area contributed by atoms with Gasteiger partial charge in [0.25, 0.3) is 16.8 Å². The van der Waals surface area contributed by atoms with Crippen molar-refractivity contribution >= 4 is 34.7 Å². The molecule has 0 bridgehead atoms. The van der Waals surface area contributed by atoms with Crippen molar-refractivity contribution in [2.24, 2.45) is 5.92 Å². The molecule has 7 nitrogen and oxygen atoms in total. The number of rotatable bonds is 7. The summed E-state index contributed by atoms with van der Waals surface area (Å²) in [7, 11) is 0. The second-order valence-electron chi connectivity index (χ2n) is 8.08. The molecule has 166 valence electrons. The van der Waals surface area contributed by atoms with Crippen LogP contribution in [0.4, 0.5) is 10.5 Å². The molecule has 0 aromatic heterocycles. The van der Waals surface area contributed by atoms with Crippen LogP contribution in [0.25, 0.3) is 6.08 Å². The van der Waals surface area contributed by atoms with Gasteiger partial charge < -0.3 is 4.74 Å². The highest BCUT2D eigenvalue weighted by molar-refractivity contribution is 8.18. The maximum absolute atomic E-state index is 12.7. The van der Waals surface area contributed by atoms with Gasteiger partial charge in [0.2, 0.25) is 0 Å². The second-order valence-corrected chi connectivity index (χ2v) is 9.07. The summed E-state index contributed by atoms with van der Waals surface area (Å²) < 4.78 is 5.73. The molecule has 0 atom stereocenters. The molecule has 2 fully saturated rings. The summed E-state index contributed by atoms with van der Waals surface area (Å²) in [4.78, 5) is 37.2. The molecule has 2 aromatic carbocycles. The van der Waals surface area contributed by atoms with E-state index in [1.807, 2.05) is 12.1 Å². The lowest BCUT2D eigenvalue weighted by molar-refractivity contribution is -0.384. The van der Waals surface area contributed by atoms with Crippen LogP contribution < -0.4 is 4.74 Å². The molecular formula is C24H24N2O5S. The molecule has 1 aliphatic carbocycles. The number of benzene rings is 2. The number of imide groups is 1. The summed E-state index contributed by atoms with van der Waals surface area (Å²) in [6.07, 6.45) is 7.51. The Morgan fingerprint density at radius 2 is 1.72 bits per heavy atom. The summed E-state index contributed by atoms with van der Waals surface area (Å²) in [5, 5.41) is 10.5. The van der Waals surface area contributed by atoms with Crippen molar-refractivity contribution in [2.45, 2.75) is 38.7 Å². The van der Waals surface area contributed by atoms with Crippen molar-refractivity contribution in [3.05, 3.63) is 74.7 Å². The standard InChI is InChI=1S/C24H24N2O5S/c27-23-22(32-24(28)25(23)15-18-4-2-1-3-5-18)14-17-8-12-21(13-9-17)31-16-19-6-10-20(11-7-19)26(29)30/h6-14,18H,1-5,15-16H2/b22-14+. The first-order chi connectivity index (χ1) is 15.5. The van der Waals surface area contributed by atoms with Crippen LogP contribution >= 0.6 is 11.8 Å². The lowest BCUT2D eigenvalue weighted by Gasteiger charge is -2.25. The van der Waals surface area contributed by atoms with Crippen LogP contribution in [0.1, 0.15) is 43.2 Å². The minimum absolute atomic E-state index is 0.0428. The van der Waals surface area contributed by atoms with Gasteiger partial charge in [0.1, 0.15) is 12.4 Å². The Labute approximate surface area is 190 Å². The predicted octanol–water partition coefficient (Wildman–Crippen LogP) is 5.79. The lowest BCUT2D eigenvalue weighted by atomic mass is 9.89. The molecule has 4 rings (SSSR count). The molecule has 2 amide bonds. The number of hydrogen-bond donors (Lipinski definition) is 0. The summed E-state index contributed by atoms with van der Waals surface area (Å²) >= 11 is 0.999. The van der Waals surface area contributed by atoms with E-state index < -0.39 is 4.92 Å². The highest BCUT2D eigenvalue weighted by atomic mass is 32.2. The fraction of sp³-hybridized carbons (Fsp3) is 0.333. The summed E-state index contributed by atoms with van der Waals surface area (Å²) in [5.41, 5.74) is 1.68. The second kappa shape index (κ2) is 9.99. The average Bonchev–Trinajstić information content (AvgIpc) is 3.07. The Hall–Kier alpha value is -3.13. The third kappa shape index (κ3) is 5.37. The van der Waals surface area contributed by atoms with Gasteiger partial charge in [0.05, 0.1) is 9.83 Å². The van der Waals surface area contributed by atoms with E-state index in [9.17, 15) is 19.7 Å². The predicted molar refractivity (Wildman–Crippen MR) is 123 cm³/mol. The third-order valence-corrected chi connectivity index (χ3v) is 6.68. The van der Waals surface area contributed by atoms with Gasteiger partial charge in [-0.15, -0.1) is 0 Å². The number of nitro benzene ring substituents is 1. The van der Waals surface area contributed by atoms with E-state index in [2.05, 4.69) is 0 Å².